The fourth-order valence-electron chi connectivity index (χ4n) is 2.31. The molecule has 2 aromatic rings. The van der Waals surface area contributed by atoms with Crippen LogP contribution in [0.4, 0.5) is 5.13 Å². The second kappa shape index (κ2) is 7.52. The number of aromatic nitrogens is 2. The highest BCUT2D eigenvalue weighted by Crippen LogP contribution is 2.31. The molecule has 0 spiro atoms. The first-order valence-corrected chi connectivity index (χ1v) is 8.53. The molecule has 1 amide bonds. The van der Waals surface area contributed by atoms with Crippen LogP contribution in [0.2, 0.25) is 0 Å². The van der Waals surface area contributed by atoms with Crippen LogP contribution in [-0.2, 0) is 16.0 Å². The van der Waals surface area contributed by atoms with Gasteiger partial charge < -0.3 is 9.47 Å². The quantitative estimate of drug-likeness (QED) is 0.880. The molecule has 1 saturated heterocycles. The third-order valence-electron chi connectivity index (χ3n) is 3.59. The molecule has 7 heteroatoms. The lowest BCUT2D eigenvalue weighted by Gasteiger charge is -2.06. The average molecular weight is 333 g/mol. The number of benzene rings is 1. The van der Waals surface area contributed by atoms with Crippen LogP contribution in [0.1, 0.15) is 36.4 Å². The van der Waals surface area contributed by atoms with Crippen molar-refractivity contribution < 1.29 is 14.3 Å². The zero-order chi connectivity index (χ0) is 16.1. The number of hydrogen-bond donors (Lipinski definition) is 1. The average Bonchev–Trinajstić information content (AvgIpc) is 3.24. The van der Waals surface area contributed by atoms with Crippen molar-refractivity contribution in [3.05, 3.63) is 34.8 Å². The Morgan fingerprint density at radius 1 is 1.39 bits per heavy atom. The number of anilines is 1. The highest BCUT2D eigenvalue weighted by atomic mass is 32.1. The summed E-state index contributed by atoms with van der Waals surface area (Å²) >= 11 is 1.35. The molecule has 1 aliphatic heterocycles. The molecular weight excluding hydrogens is 314 g/mol. The zero-order valence-electron chi connectivity index (χ0n) is 12.9. The first kappa shape index (κ1) is 15.9. The van der Waals surface area contributed by atoms with Crippen LogP contribution in [0, 0.1) is 0 Å². The van der Waals surface area contributed by atoms with Crippen LogP contribution in [0.15, 0.2) is 24.3 Å². The summed E-state index contributed by atoms with van der Waals surface area (Å²) in [6, 6.07) is 7.72. The van der Waals surface area contributed by atoms with E-state index in [-0.39, 0.29) is 18.6 Å². The third kappa shape index (κ3) is 4.27. The molecule has 1 atom stereocenters. The molecule has 0 aliphatic carbocycles. The molecule has 3 rings (SSSR count). The fraction of sp³-hybridized carbons (Fsp3) is 0.438. The minimum atomic E-state index is -0.250. The number of rotatable bonds is 6. The Morgan fingerprint density at radius 2 is 2.22 bits per heavy atom. The maximum absolute atomic E-state index is 11.9. The molecule has 122 valence electrons. The first-order valence-electron chi connectivity index (χ1n) is 7.71. The van der Waals surface area contributed by atoms with Gasteiger partial charge in [0.25, 0.3) is 5.91 Å². The SMILES string of the molecule is CCc1ccc(OCC(=O)Nc2nnc(C3CCCO3)s2)cc1. The van der Waals surface area contributed by atoms with Gasteiger partial charge in [0, 0.05) is 6.61 Å². The van der Waals surface area contributed by atoms with Crippen molar-refractivity contribution in [1.82, 2.24) is 10.2 Å². The van der Waals surface area contributed by atoms with Gasteiger partial charge in [0.05, 0.1) is 0 Å². The van der Waals surface area contributed by atoms with E-state index in [0.717, 1.165) is 30.9 Å². The van der Waals surface area contributed by atoms with Crippen LogP contribution < -0.4 is 10.1 Å². The van der Waals surface area contributed by atoms with Gasteiger partial charge in [-0.3, -0.25) is 10.1 Å². The maximum Gasteiger partial charge on any atom is 0.264 e. The summed E-state index contributed by atoms with van der Waals surface area (Å²) in [6.45, 7) is 2.80. The van der Waals surface area contributed by atoms with Crippen LogP contribution in [0.3, 0.4) is 0 Å². The van der Waals surface area contributed by atoms with E-state index < -0.39 is 0 Å². The molecule has 1 aromatic heterocycles. The van der Waals surface area contributed by atoms with Gasteiger partial charge in [-0.2, -0.15) is 0 Å². The van der Waals surface area contributed by atoms with Crippen LogP contribution >= 0.6 is 11.3 Å². The number of carbonyl (C=O) groups excluding carboxylic acids is 1. The van der Waals surface area contributed by atoms with Crippen molar-refractivity contribution in [3.63, 3.8) is 0 Å². The smallest absolute Gasteiger partial charge is 0.264 e. The summed E-state index contributed by atoms with van der Waals surface area (Å²) in [5.41, 5.74) is 1.23. The number of ether oxygens (including phenoxy) is 2. The molecular formula is C16H19N3O3S. The Hall–Kier alpha value is -1.99. The fourth-order valence-corrected chi connectivity index (χ4v) is 3.16. The van der Waals surface area contributed by atoms with Crippen LogP contribution in [-0.4, -0.2) is 29.3 Å². The molecule has 6 nitrogen and oxygen atoms in total. The van der Waals surface area contributed by atoms with Gasteiger partial charge >= 0.3 is 0 Å². The number of aryl methyl sites for hydroxylation is 1. The lowest BCUT2D eigenvalue weighted by molar-refractivity contribution is -0.118. The summed E-state index contributed by atoms with van der Waals surface area (Å²) in [7, 11) is 0. The molecule has 0 radical (unpaired) electrons. The molecule has 1 aliphatic rings. The summed E-state index contributed by atoms with van der Waals surface area (Å²) in [5, 5.41) is 12.1. The largest absolute Gasteiger partial charge is 0.484 e. The van der Waals surface area contributed by atoms with Crippen molar-refractivity contribution in [2.24, 2.45) is 0 Å². The maximum atomic E-state index is 11.9. The van der Waals surface area contributed by atoms with Crippen molar-refractivity contribution in [2.75, 3.05) is 18.5 Å². The van der Waals surface area contributed by atoms with E-state index in [1.807, 2.05) is 24.3 Å². The topological polar surface area (TPSA) is 73.3 Å². The monoisotopic (exact) mass is 333 g/mol. The van der Waals surface area contributed by atoms with Crippen molar-refractivity contribution in [2.45, 2.75) is 32.3 Å². The highest BCUT2D eigenvalue weighted by Gasteiger charge is 2.22. The van der Waals surface area contributed by atoms with E-state index in [1.165, 1.54) is 16.9 Å². The van der Waals surface area contributed by atoms with Crippen molar-refractivity contribution in [1.29, 1.82) is 0 Å². The van der Waals surface area contributed by atoms with Gasteiger partial charge in [0.2, 0.25) is 5.13 Å². The number of amides is 1. The predicted molar refractivity (Wildman–Crippen MR) is 87.8 cm³/mol. The van der Waals surface area contributed by atoms with E-state index in [0.29, 0.717) is 10.9 Å². The molecule has 23 heavy (non-hydrogen) atoms. The molecule has 2 heterocycles. The summed E-state index contributed by atoms with van der Waals surface area (Å²) in [4.78, 5) is 11.9. The minimum Gasteiger partial charge on any atom is -0.484 e. The zero-order valence-corrected chi connectivity index (χ0v) is 13.8. The summed E-state index contributed by atoms with van der Waals surface area (Å²) < 4.78 is 11.0. The normalized spacial score (nSPS) is 17.2. The van der Waals surface area contributed by atoms with E-state index in [2.05, 4.69) is 22.4 Å². The molecule has 1 aromatic carbocycles. The van der Waals surface area contributed by atoms with Gasteiger partial charge in [-0.25, -0.2) is 0 Å². The predicted octanol–water partition coefficient (Wildman–Crippen LogP) is 2.97. The summed E-state index contributed by atoms with van der Waals surface area (Å²) in [6.07, 6.45) is 2.99. The molecule has 0 saturated carbocycles. The highest BCUT2D eigenvalue weighted by molar-refractivity contribution is 7.15. The van der Waals surface area contributed by atoms with Crippen molar-refractivity contribution in [3.8, 4) is 5.75 Å². The number of hydrogen-bond acceptors (Lipinski definition) is 6. The first-order chi connectivity index (χ1) is 11.2. The van der Waals surface area contributed by atoms with Gasteiger partial charge in [0.1, 0.15) is 16.9 Å². The number of nitrogens with one attached hydrogen (secondary N) is 1. The van der Waals surface area contributed by atoms with E-state index in [1.54, 1.807) is 0 Å². The Kier molecular flexibility index (Phi) is 5.19. The van der Waals surface area contributed by atoms with Gasteiger partial charge in [0.15, 0.2) is 6.61 Å². The van der Waals surface area contributed by atoms with E-state index in [4.69, 9.17) is 9.47 Å². The van der Waals surface area contributed by atoms with Crippen molar-refractivity contribution >= 4 is 22.4 Å². The standard InChI is InChI=1S/C16H19N3O3S/c1-2-11-5-7-12(8-6-11)22-10-14(20)17-16-19-18-15(23-16)13-4-3-9-21-13/h5-8,13H,2-4,9-10H2,1H3,(H,17,19,20). The minimum absolute atomic E-state index is 0.0199. The lowest BCUT2D eigenvalue weighted by atomic mass is 10.2. The van der Waals surface area contributed by atoms with E-state index >= 15 is 0 Å². The third-order valence-corrected chi connectivity index (χ3v) is 4.52. The van der Waals surface area contributed by atoms with E-state index in [9.17, 15) is 4.79 Å². The molecule has 0 bridgehead atoms. The van der Waals surface area contributed by atoms with Crippen LogP contribution in [0.5, 0.6) is 5.75 Å². The lowest BCUT2D eigenvalue weighted by Crippen LogP contribution is -2.20. The molecule has 1 N–H and O–H groups in total. The second-order valence-electron chi connectivity index (χ2n) is 5.28. The molecule has 1 unspecified atom stereocenters. The Bertz CT molecular complexity index is 651. The Balaban J connectivity index is 1.48. The van der Waals surface area contributed by atoms with Gasteiger partial charge in [-0.1, -0.05) is 30.4 Å². The Morgan fingerprint density at radius 3 is 2.91 bits per heavy atom. The second-order valence-corrected chi connectivity index (χ2v) is 6.29. The number of nitrogens with zero attached hydrogens (tertiary/aromatic N) is 2. The number of carbonyl (C=O) groups is 1. The van der Waals surface area contributed by atoms with Crippen LogP contribution in [0.25, 0.3) is 0 Å². The Labute approximate surface area is 138 Å². The molecule has 1 fully saturated rings. The van der Waals surface area contributed by atoms with Gasteiger partial charge in [-0.05, 0) is 37.0 Å². The van der Waals surface area contributed by atoms with Gasteiger partial charge in [-0.15, -0.1) is 10.2 Å². The summed E-state index contributed by atoms with van der Waals surface area (Å²) in [5.74, 6) is 0.425.